The predicted octanol–water partition coefficient (Wildman–Crippen LogP) is 8.58. The van der Waals surface area contributed by atoms with Crippen LogP contribution in [0.4, 0.5) is 0 Å². The minimum absolute atomic E-state index is 0.981. The number of nitrogens with zero attached hydrogens (tertiary/aromatic N) is 3. The number of H-pyrrole nitrogens is 1. The summed E-state index contributed by atoms with van der Waals surface area (Å²) >= 11 is 3.35. The number of benzene rings is 1. The van der Waals surface area contributed by atoms with Crippen LogP contribution in [0.2, 0.25) is 0 Å². The van der Waals surface area contributed by atoms with Gasteiger partial charge in [-0.05, 0) is 25.5 Å². The largest absolute Gasteiger partial charge is 0.341 e. The van der Waals surface area contributed by atoms with E-state index in [1.807, 2.05) is 12.4 Å². The highest BCUT2D eigenvalue weighted by molar-refractivity contribution is 7.16. The van der Waals surface area contributed by atoms with Crippen molar-refractivity contribution in [2.45, 2.75) is 84.5 Å². The molecule has 6 heteroatoms. The first-order valence-electron chi connectivity index (χ1n) is 12.1. The first kappa shape index (κ1) is 23.1. The van der Waals surface area contributed by atoms with Crippen LogP contribution in [0.3, 0.4) is 0 Å². The molecule has 3 aromatic heterocycles. The average Bonchev–Trinajstić information content (AvgIpc) is 3.53. The Kier molecular flexibility index (Phi) is 8.46. The van der Waals surface area contributed by atoms with E-state index in [2.05, 4.69) is 40.5 Å². The Morgan fingerprint density at radius 1 is 0.875 bits per heavy atom. The van der Waals surface area contributed by atoms with Gasteiger partial charge in [0.05, 0.1) is 21.4 Å². The highest BCUT2D eigenvalue weighted by atomic mass is 32.1. The number of aryl methyl sites for hydroxylation is 2. The summed E-state index contributed by atoms with van der Waals surface area (Å²) in [5.41, 5.74) is 7.23. The van der Waals surface area contributed by atoms with Crippen molar-refractivity contribution in [1.29, 1.82) is 0 Å². The van der Waals surface area contributed by atoms with Gasteiger partial charge in [-0.2, -0.15) is 0 Å². The Labute approximate surface area is 199 Å². The Hall–Kier alpha value is -2.05. The monoisotopic (exact) mass is 466 g/mol. The van der Waals surface area contributed by atoms with E-state index in [1.54, 1.807) is 22.7 Å². The van der Waals surface area contributed by atoms with Gasteiger partial charge in [0.2, 0.25) is 0 Å². The molecule has 170 valence electrons. The van der Waals surface area contributed by atoms with Crippen molar-refractivity contribution in [1.82, 2.24) is 19.9 Å². The summed E-state index contributed by atoms with van der Waals surface area (Å²) in [6, 6.07) is 6.46. The first-order valence-corrected chi connectivity index (χ1v) is 13.9. The van der Waals surface area contributed by atoms with Gasteiger partial charge in [0.15, 0.2) is 0 Å². The van der Waals surface area contributed by atoms with Crippen LogP contribution in [0.1, 0.15) is 82.7 Å². The van der Waals surface area contributed by atoms with Gasteiger partial charge in [-0.3, -0.25) is 0 Å². The van der Waals surface area contributed by atoms with Gasteiger partial charge in [-0.25, -0.2) is 15.0 Å². The van der Waals surface area contributed by atoms with Crippen molar-refractivity contribution in [3.05, 3.63) is 40.6 Å². The van der Waals surface area contributed by atoms with Crippen molar-refractivity contribution in [2.24, 2.45) is 0 Å². The number of rotatable bonds is 13. The molecule has 0 bridgehead atoms. The Morgan fingerprint density at radius 2 is 1.62 bits per heavy atom. The Morgan fingerprint density at radius 3 is 2.34 bits per heavy atom. The lowest BCUT2D eigenvalue weighted by Gasteiger charge is -2.02. The number of thiazole rings is 2. The molecule has 3 heterocycles. The van der Waals surface area contributed by atoms with E-state index in [0.717, 1.165) is 45.4 Å². The second-order valence-corrected chi connectivity index (χ2v) is 10.4. The third-order valence-corrected chi connectivity index (χ3v) is 7.72. The molecule has 0 saturated carbocycles. The van der Waals surface area contributed by atoms with Crippen molar-refractivity contribution in [3.63, 3.8) is 0 Å². The fourth-order valence-corrected chi connectivity index (χ4v) is 5.66. The van der Waals surface area contributed by atoms with Crippen molar-refractivity contribution >= 4 is 32.9 Å². The normalized spacial score (nSPS) is 11.6. The number of hydrogen-bond donors (Lipinski definition) is 1. The highest BCUT2D eigenvalue weighted by Gasteiger charge is 2.17. The summed E-state index contributed by atoms with van der Waals surface area (Å²) in [7, 11) is 0. The van der Waals surface area contributed by atoms with E-state index in [0.29, 0.717) is 0 Å². The maximum atomic E-state index is 4.99. The van der Waals surface area contributed by atoms with Crippen LogP contribution in [0.25, 0.3) is 32.2 Å². The first-order chi connectivity index (χ1) is 15.7. The van der Waals surface area contributed by atoms with Gasteiger partial charge in [0, 0.05) is 23.1 Å². The lowest BCUT2D eigenvalue weighted by molar-refractivity contribution is 0.554. The van der Waals surface area contributed by atoms with E-state index < -0.39 is 0 Å². The minimum atomic E-state index is 0.981. The second kappa shape index (κ2) is 11.7. The maximum absolute atomic E-state index is 4.99. The van der Waals surface area contributed by atoms with Crippen molar-refractivity contribution < 1.29 is 0 Å². The van der Waals surface area contributed by atoms with Crippen LogP contribution in [0, 0.1) is 6.92 Å². The summed E-state index contributed by atoms with van der Waals surface area (Å²) in [6.07, 6.45) is 14.5. The number of hydrogen-bond acceptors (Lipinski definition) is 5. The predicted molar refractivity (Wildman–Crippen MR) is 139 cm³/mol. The van der Waals surface area contributed by atoms with Crippen LogP contribution in [0.5, 0.6) is 0 Å². The number of nitrogens with one attached hydrogen (secondary N) is 1. The van der Waals surface area contributed by atoms with Crippen LogP contribution in [0.15, 0.2) is 29.1 Å². The molecule has 0 atom stereocenters. The summed E-state index contributed by atoms with van der Waals surface area (Å²) in [6.45, 7) is 4.32. The molecule has 0 saturated heterocycles. The third kappa shape index (κ3) is 6.04. The van der Waals surface area contributed by atoms with E-state index >= 15 is 0 Å². The summed E-state index contributed by atoms with van der Waals surface area (Å²) in [4.78, 5) is 17.8. The minimum Gasteiger partial charge on any atom is -0.341 e. The number of imidazole rings is 1. The Balaban J connectivity index is 1.37. The molecule has 0 fully saturated rings. The van der Waals surface area contributed by atoms with Crippen LogP contribution >= 0.6 is 22.7 Å². The quantitative estimate of drug-likeness (QED) is 0.201. The second-order valence-electron chi connectivity index (χ2n) is 8.67. The lowest BCUT2D eigenvalue weighted by Crippen LogP contribution is -1.89. The van der Waals surface area contributed by atoms with Crippen LogP contribution < -0.4 is 0 Å². The smallest absolute Gasteiger partial charge is 0.144 e. The van der Waals surface area contributed by atoms with Gasteiger partial charge in [-0.1, -0.05) is 70.8 Å². The van der Waals surface area contributed by atoms with E-state index in [-0.39, 0.29) is 0 Å². The summed E-state index contributed by atoms with van der Waals surface area (Å²) < 4.78 is 1.20. The van der Waals surface area contributed by atoms with Gasteiger partial charge < -0.3 is 4.98 Å². The molecule has 0 aliphatic carbocycles. The molecule has 1 aromatic carbocycles. The zero-order valence-corrected chi connectivity index (χ0v) is 21.0. The summed E-state index contributed by atoms with van der Waals surface area (Å²) in [5, 5.41) is 3.09. The molecule has 0 unspecified atom stereocenters. The lowest BCUT2D eigenvalue weighted by atomic mass is 10.1. The number of fused-ring (bicyclic) bond motifs is 1. The van der Waals surface area contributed by atoms with E-state index in [4.69, 9.17) is 9.97 Å². The molecular formula is C26H34N4S2. The number of unbranched alkanes of at least 4 members (excludes halogenated alkanes) is 9. The van der Waals surface area contributed by atoms with E-state index in [9.17, 15) is 0 Å². The maximum Gasteiger partial charge on any atom is 0.144 e. The molecule has 4 rings (SSSR count). The Bertz CT molecular complexity index is 1110. The fourth-order valence-electron chi connectivity index (χ4n) is 4.16. The van der Waals surface area contributed by atoms with E-state index in [1.165, 1.54) is 68.9 Å². The molecule has 4 nitrogen and oxygen atoms in total. The van der Waals surface area contributed by atoms with Gasteiger partial charge in [0.1, 0.15) is 16.5 Å². The molecule has 0 radical (unpaired) electrons. The van der Waals surface area contributed by atoms with Gasteiger partial charge in [-0.15, -0.1) is 22.7 Å². The zero-order chi connectivity index (χ0) is 22.2. The molecule has 1 N–H and O–H groups in total. The van der Waals surface area contributed by atoms with Crippen molar-refractivity contribution in [3.8, 4) is 22.0 Å². The fraction of sp³-hybridized carbons (Fsp3) is 0.500. The number of aromatic nitrogens is 4. The topological polar surface area (TPSA) is 54.5 Å². The molecule has 0 amide bonds. The molecule has 0 aliphatic heterocycles. The molecule has 4 aromatic rings. The standard InChI is InChI=1S/C26H34N4S2/c1-3-4-5-6-7-8-9-10-11-12-13-23-29-24(25(30-23)26-28-19(2)17-31-26)20-14-15-21-22(16-20)32-18-27-21/h14-18H,3-13H2,1-2H3,(H,29,30). The summed E-state index contributed by atoms with van der Waals surface area (Å²) in [5.74, 6) is 1.08. The van der Waals surface area contributed by atoms with Crippen LogP contribution in [-0.2, 0) is 6.42 Å². The molecular weight excluding hydrogens is 432 g/mol. The average molecular weight is 467 g/mol. The third-order valence-electron chi connectivity index (χ3n) is 5.96. The van der Waals surface area contributed by atoms with Crippen LogP contribution in [-0.4, -0.2) is 19.9 Å². The molecule has 0 aliphatic rings. The highest BCUT2D eigenvalue weighted by Crippen LogP contribution is 2.34. The zero-order valence-electron chi connectivity index (χ0n) is 19.3. The number of aromatic amines is 1. The van der Waals surface area contributed by atoms with Crippen molar-refractivity contribution in [2.75, 3.05) is 0 Å². The van der Waals surface area contributed by atoms with Gasteiger partial charge in [0.25, 0.3) is 0 Å². The molecule has 0 spiro atoms. The van der Waals surface area contributed by atoms with Gasteiger partial charge >= 0.3 is 0 Å². The SMILES string of the molecule is CCCCCCCCCCCCc1nc(-c2nc(C)cs2)c(-c2ccc3ncsc3c2)[nH]1. The molecule has 32 heavy (non-hydrogen) atoms.